The molecule has 2 aliphatic rings. The summed E-state index contributed by atoms with van der Waals surface area (Å²) in [5.41, 5.74) is 6.55. The van der Waals surface area contributed by atoms with Crippen molar-refractivity contribution in [2.75, 3.05) is 19.6 Å². The predicted molar refractivity (Wildman–Crippen MR) is 60.2 cm³/mol. The smallest absolute Gasteiger partial charge is 0.0283 e. The fourth-order valence-electron chi connectivity index (χ4n) is 2.65. The van der Waals surface area contributed by atoms with Gasteiger partial charge in [0.1, 0.15) is 0 Å². The van der Waals surface area contributed by atoms with Gasteiger partial charge in [0.25, 0.3) is 0 Å². The molecule has 0 atom stereocenters. The zero-order chi connectivity index (χ0) is 10.0. The van der Waals surface area contributed by atoms with Gasteiger partial charge in [-0.2, -0.15) is 0 Å². The molecule has 0 radical (unpaired) electrons. The first-order chi connectivity index (χ1) is 6.72. The molecule has 0 aromatic carbocycles. The fourth-order valence-corrected chi connectivity index (χ4v) is 2.65. The van der Waals surface area contributed by atoms with E-state index in [9.17, 15) is 0 Å². The molecular weight excluding hydrogens is 172 g/mol. The van der Waals surface area contributed by atoms with Gasteiger partial charge >= 0.3 is 0 Å². The second-order valence-electron chi connectivity index (χ2n) is 5.34. The number of hydrogen-bond donors (Lipinski definition) is 1. The molecule has 0 aliphatic heterocycles. The molecule has 2 heteroatoms. The van der Waals surface area contributed by atoms with Crippen LogP contribution in [0, 0.1) is 5.92 Å². The van der Waals surface area contributed by atoms with Crippen LogP contribution in [0.3, 0.4) is 0 Å². The number of hydrogen-bond acceptors (Lipinski definition) is 2. The first-order valence-electron chi connectivity index (χ1n) is 6.23. The summed E-state index contributed by atoms with van der Waals surface area (Å²) in [7, 11) is 0. The first-order valence-corrected chi connectivity index (χ1v) is 6.23. The third-order valence-corrected chi connectivity index (χ3v) is 3.80. The van der Waals surface area contributed by atoms with Crippen LogP contribution in [0.1, 0.15) is 45.4 Å². The molecule has 14 heavy (non-hydrogen) atoms. The summed E-state index contributed by atoms with van der Waals surface area (Å²) in [6.45, 7) is 5.88. The van der Waals surface area contributed by atoms with E-state index < -0.39 is 0 Å². The molecule has 2 nitrogen and oxygen atoms in total. The Hall–Kier alpha value is -0.0800. The van der Waals surface area contributed by atoms with Crippen molar-refractivity contribution in [1.29, 1.82) is 0 Å². The van der Waals surface area contributed by atoms with Gasteiger partial charge in [-0.1, -0.05) is 19.8 Å². The van der Waals surface area contributed by atoms with E-state index in [-0.39, 0.29) is 5.54 Å². The van der Waals surface area contributed by atoms with Crippen molar-refractivity contribution in [1.82, 2.24) is 4.90 Å². The number of likely N-dealkylation sites (N-methyl/N-ethyl adjacent to an activating group) is 1. The molecule has 0 unspecified atom stereocenters. The van der Waals surface area contributed by atoms with Crippen LogP contribution in [-0.4, -0.2) is 30.1 Å². The first kappa shape index (κ1) is 10.4. The van der Waals surface area contributed by atoms with E-state index in [4.69, 9.17) is 5.73 Å². The van der Waals surface area contributed by atoms with Crippen molar-refractivity contribution < 1.29 is 0 Å². The van der Waals surface area contributed by atoms with Crippen LogP contribution in [0.2, 0.25) is 0 Å². The van der Waals surface area contributed by atoms with E-state index in [0.717, 1.165) is 12.5 Å². The van der Waals surface area contributed by atoms with Crippen molar-refractivity contribution in [2.45, 2.75) is 51.0 Å². The molecule has 0 aromatic heterocycles. The maximum atomic E-state index is 6.39. The zero-order valence-corrected chi connectivity index (χ0v) is 9.47. The van der Waals surface area contributed by atoms with E-state index in [2.05, 4.69) is 11.8 Å². The molecule has 82 valence electrons. The lowest BCUT2D eigenvalue weighted by Gasteiger charge is -2.31. The van der Waals surface area contributed by atoms with E-state index in [1.54, 1.807) is 0 Å². The Morgan fingerprint density at radius 1 is 1.29 bits per heavy atom. The molecule has 2 rings (SSSR count). The van der Waals surface area contributed by atoms with E-state index in [1.807, 2.05) is 0 Å². The number of nitrogens with zero attached hydrogens (tertiary/aromatic N) is 1. The van der Waals surface area contributed by atoms with E-state index in [1.165, 1.54) is 51.6 Å². The highest BCUT2D eigenvalue weighted by molar-refractivity contribution is 4.92. The molecule has 2 fully saturated rings. The lowest BCUT2D eigenvalue weighted by molar-refractivity contribution is 0.210. The quantitative estimate of drug-likeness (QED) is 0.728. The second kappa shape index (κ2) is 4.19. The Morgan fingerprint density at radius 3 is 2.43 bits per heavy atom. The normalized spacial score (nSPS) is 25.9. The molecule has 0 aromatic rings. The lowest BCUT2D eigenvalue weighted by Crippen LogP contribution is -2.48. The van der Waals surface area contributed by atoms with Gasteiger partial charge in [-0.25, -0.2) is 0 Å². The van der Waals surface area contributed by atoms with Crippen LogP contribution in [0.25, 0.3) is 0 Å². The van der Waals surface area contributed by atoms with E-state index >= 15 is 0 Å². The third kappa shape index (κ3) is 2.71. The Bertz CT molecular complexity index is 181. The minimum Gasteiger partial charge on any atom is -0.324 e. The number of rotatable bonds is 5. The van der Waals surface area contributed by atoms with E-state index in [0.29, 0.717) is 0 Å². The van der Waals surface area contributed by atoms with Gasteiger partial charge in [0, 0.05) is 18.6 Å². The van der Waals surface area contributed by atoms with Crippen molar-refractivity contribution in [3.8, 4) is 0 Å². The second-order valence-corrected chi connectivity index (χ2v) is 5.34. The molecule has 0 saturated heterocycles. The van der Waals surface area contributed by atoms with Gasteiger partial charge in [-0.15, -0.1) is 0 Å². The van der Waals surface area contributed by atoms with Crippen molar-refractivity contribution in [3.63, 3.8) is 0 Å². The minimum absolute atomic E-state index is 0.158. The Morgan fingerprint density at radius 2 is 1.93 bits per heavy atom. The van der Waals surface area contributed by atoms with Crippen molar-refractivity contribution in [3.05, 3.63) is 0 Å². The maximum Gasteiger partial charge on any atom is 0.0283 e. The Balaban J connectivity index is 1.79. The summed E-state index contributed by atoms with van der Waals surface area (Å²) < 4.78 is 0. The van der Waals surface area contributed by atoms with Gasteiger partial charge in [-0.05, 0) is 38.1 Å². The largest absolute Gasteiger partial charge is 0.324 e. The molecular formula is C12H24N2. The third-order valence-electron chi connectivity index (χ3n) is 3.80. The van der Waals surface area contributed by atoms with Gasteiger partial charge in [-0.3, -0.25) is 0 Å². The summed E-state index contributed by atoms with van der Waals surface area (Å²) in [6.07, 6.45) is 8.08. The highest BCUT2D eigenvalue weighted by atomic mass is 15.1. The molecule has 0 amide bonds. The summed E-state index contributed by atoms with van der Waals surface area (Å²) in [5, 5.41) is 0. The van der Waals surface area contributed by atoms with Crippen LogP contribution in [0.5, 0.6) is 0 Å². The zero-order valence-electron chi connectivity index (χ0n) is 9.47. The standard InChI is InChI=1S/C12H24N2/c1-2-14(9-11-5-6-11)10-12(13)7-3-4-8-12/h11H,2-10,13H2,1H3. The Kier molecular flexibility index (Phi) is 3.13. The molecule has 2 aliphatic carbocycles. The maximum absolute atomic E-state index is 6.39. The van der Waals surface area contributed by atoms with Crippen molar-refractivity contribution in [2.24, 2.45) is 11.7 Å². The van der Waals surface area contributed by atoms with Crippen LogP contribution < -0.4 is 5.73 Å². The Labute approximate surface area is 87.8 Å². The summed E-state index contributed by atoms with van der Waals surface area (Å²) in [4.78, 5) is 2.57. The highest BCUT2D eigenvalue weighted by Gasteiger charge is 2.32. The summed E-state index contributed by atoms with van der Waals surface area (Å²) in [5.74, 6) is 1.000. The van der Waals surface area contributed by atoms with Crippen LogP contribution in [-0.2, 0) is 0 Å². The topological polar surface area (TPSA) is 29.3 Å². The fraction of sp³-hybridized carbons (Fsp3) is 1.00. The van der Waals surface area contributed by atoms with Crippen LogP contribution >= 0.6 is 0 Å². The number of nitrogens with two attached hydrogens (primary N) is 1. The molecule has 0 bridgehead atoms. The molecule has 0 spiro atoms. The lowest BCUT2D eigenvalue weighted by atomic mass is 9.98. The van der Waals surface area contributed by atoms with Crippen LogP contribution in [0.4, 0.5) is 0 Å². The average Bonchev–Trinajstić information content (AvgIpc) is 2.87. The monoisotopic (exact) mass is 196 g/mol. The van der Waals surface area contributed by atoms with Gasteiger partial charge in [0.15, 0.2) is 0 Å². The van der Waals surface area contributed by atoms with Crippen molar-refractivity contribution >= 4 is 0 Å². The van der Waals surface area contributed by atoms with Gasteiger partial charge < -0.3 is 10.6 Å². The van der Waals surface area contributed by atoms with Crippen LogP contribution in [0.15, 0.2) is 0 Å². The van der Waals surface area contributed by atoms with Gasteiger partial charge in [0.2, 0.25) is 0 Å². The minimum atomic E-state index is 0.158. The highest BCUT2D eigenvalue weighted by Crippen LogP contribution is 2.32. The summed E-state index contributed by atoms with van der Waals surface area (Å²) >= 11 is 0. The predicted octanol–water partition coefficient (Wildman–Crippen LogP) is 1.99. The SMILES string of the molecule is CCN(CC1CC1)CC1(N)CCCC1. The molecule has 2 N–H and O–H groups in total. The average molecular weight is 196 g/mol. The molecule has 0 heterocycles. The molecule has 2 saturated carbocycles. The van der Waals surface area contributed by atoms with Gasteiger partial charge in [0.05, 0.1) is 0 Å². The summed E-state index contributed by atoms with van der Waals surface area (Å²) in [6, 6.07) is 0.